The molecule has 0 fully saturated rings. The third-order valence-corrected chi connectivity index (χ3v) is 0.885. The van der Waals surface area contributed by atoms with E-state index in [4.69, 9.17) is 22.3 Å². The van der Waals surface area contributed by atoms with Crippen LogP contribution in [0.25, 0.3) is 0 Å². The van der Waals surface area contributed by atoms with Crippen LogP contribution < -0.4 is 11.5 Å². The number of nitrogens with one attached hydrogen (secondary N) is 2. The second-order valence-corrected chi connectivity index (χ2v) is 1.94. The van der Waals surface area contributed by atoms with Crippen LogP contribution in [0.15, 0.2) is 5.10 Å². The first-order chi connectivity index (χ1) is 5.49. The highest BCUT2D eigenvalue weighted by Gasteiger charge is 2.07. The van der Waals surface area contributed by atoms with Crippen LogP contribution in [0.2, 0.25) is 0 Å². The van der Waals surface area contributed by atoms with Gasteiger partial charge in [-0.15, -0.1) is 0 Å². The fourth-order valence-corrected chi connectivity index (χ4v) is 0.419. The number of aldehydes is 1. The van der Waals surface area contributed by atoms with Crippen LogP contribution >= 0.6 is 0 Å². The number of hydrazone groups is 1. The Balaban J connectivity index is 4.65. The maximum absolute atomic E-state index is 10.1. The van der Waals surface area contributed by atoms with Gasteiger partial charge in [0, 0.05) is 0 Å². The third kappa shape index (κ3) is 2.78. The summed E-state index contributed by atoms with van der Waals surface area (Å²) < 4.78 is 0. The van der Waals surface area contributed by atoms with E-state index in [1.807, 2.05) is 0 Å². The van der Waals surface area contributed by atoms with Gasteiger partial charge >= 0.3 is 0 Å². The molecule has 6 N–H and O–H groups in total. The highest BCUT2D eigenvalue weighted by Crippen LogP contribution is 1.86. The van der Waals surface area contributed by atoms with Gasteiger partial charge in [-0.3, -0.25) is 15.6 Å². The molecule has 0 aliphatic carbocycles. The summed E-state index contributed by atoms with van der Waals surface area (Å²) in [5.74, 6) is -1.02. The van der Waals surface area contributed by atoms with Crippen molar-refractivity contribution in [3.8, 4) is 0 Å². The summed E-state index contributed by atoms with van der Waals surface area (Å²) in [6.45, 7) is 1.41. The number of nitrogens with two attached hydrogens (primary N) is 2. The van der Waals surface area contributed by atoms with E-state index in [-0.39, 0.29) is 5.71 Å². The molecule has 7 nitrogen and oxygen atoms in total. The van der Waals surface area contributed by atoms with Gasteiger partial charge in [-0.05, 0) is 6.92 Å². The van der Waals surface area contributed by atoms with E-state index in [0.717, 1.165) is 0 Å². The summed E-state index contributed by atoms with van der Waals surface area (Å²) in [7, 11) is 0. The lowest BCUT2D eigenvalue weighted by Gasteiger charge is -2.13. The van der Waals surface area contributed by atoms with Gasteiger partial charge in [-0.1, -0.05) is 0 Å². The van der Waals surface area contributed by atoms with Crippen LogP contribution in [0, 0.1) is 10.8 Å². The molecule has 7 heteroatoms. The molecule has 0 heterocycles. The van der Waals surface area contributed by atoms with Crippen molar-refractivity contribution in [1.82, 2.24) is 5.01 Å². The smallest absolute Gasteiger partial charge is 0.216 e. The van der Waals surface area contributed by atoms with Crippen LogP contribution in [0.3, 0.4) is 0 Å². The molecule has 12 heavy (non-hydrogen) atoms. The van der Waals surface area contributed by atoms with Gasteiger partial charge in [0.2, 0.25) is 11.9 Å². The molecule has 0 bridgehead atoms. The van der Waals surface area contributed by atoms with E-state index in [1.54, 1.807) is 0 Å². The van der Waals surface area contributed by atoms with Crippen molar-refractivity contribution < 1.29 is 4.79 Å². The Kier molecular flexibility index (Phi) is 3.41. The van der Waals surface area contributed by atoms with Crippen LogP contribution in [0.1, 0.15) is 6.92 Å². The molecule has 66 valence electrons. The van der Waals surface area contributed by atoms with E-state index in [2.05, 4.69) is 5.10 Å². The van der Waals surface area contributed by atoms with E-state index in [1.165, 1.54) is 6.92 Å². The number of carbonyl (C=O) groups is 1. The van der Waals surface area contributed by atoms with Crippen molar-refractivity contribution in [2.75, 3.05) is 0 Å². The second-order valence-electron chi connectivity index (χ2n) is 1.94. The van der Waals surface area contributed by atoms with Crippen molar-refractivity contribution >= 4 is 23.9 Å². The molecule has 0 aliphatic heterocycles. The summed E-state index contributed by atoms with van der Waals surface area (Å²) in [5, 5.41) is 17.9. The number of nitrogens with zero attached hydrogens (tertiary/aromatic N) is 2. The quantitative estimate of drug-likeness (QED) is 0.176. The van der Waals surface area contributed by atoms with E-state index < -0.39 is 11.9 Å². The van der Waals surface area contributed by atoms with Crippen LogP contribution in [0.5, 0.6) is 0 Å². The Morgan fingerprint density at radius 1 is 1.42 bits per heavy atom. The number of carbonyl (C=O) groups excluding carboxylic acids is 1. The van der Waals surface area contributed by atoms with Gasteiger partial charge < -0.3 is 11.5 Å². The number of hydrogen-bond donors (Lipinski definition) is 4. The molecule has 0 saturated carbocycles. The molecular weight excluding hydrogens is 160 g/mol. The second kappa shape index (κ2) is 4.06. The topological polar surface area (TPSA) is 132 Å². The molecule has 0 aliphatic rings. The van der Waals surface area contributed by atoms with Crippen molar-refractivity contribution in [2.24, 2.45) is 16.6 Å². The standard InChI is InChI=1S/C5H10N6O/c1-3(2-12)10-11(4(6)7)5(8)9/h2H,1H3,(H3,6,7)(H3,8,9)/b10-3+. The molecule has 0 aromatic carbocycles. The number of hydrogen-bond acceptors (Lipinski definition) is 4. The lowest BCUT2D eigenvalue weighted by Crippen LogP contribution is -2.41. The number of rotatable bonds is 2. The number of guanidine groups is 2. The molecule has 0 unspecified atom stereocenters. The predicted molar refractivity (Wildman–Crippen MR) is 44.8 cm³/mol. The monoisotopic (exact) mass is 170 g/mol. The predicted octanol–water partition coefficient (Wildman–Crippen LogP) is -1.35. The van der Waals surface area contributed by atoms with Gasteiger partial charge in [-0.2, -0.15) is 10.1 Å². The molecule has 0 radical (unpaired) electrons. The lowest BCUT2D eigenvalue weighted by molar-refractivity contribution is -0.102. The third-order valence-electron chi connectivity index (χ3n) is 0.885. The summed E-state index contributed by atoms with van der Waals surface area (Å²) in [5.41, 5.74) is 10.1. The SMILES string of the molecule is C/C(C=O)=N\N(C(=N)N)C(=N)N. The molecule has 0 amide bonds. The van der Waals surface area contributed by atoms with E-state index in [0.29, 0.717) is 11.3 Å². The Labute approximate surface area is 69.0 Å². The highest BCUT2D eigenvalue weighted by molar-refractivity contribution is 6.27. The maximum atomic E-state index is 10.1. The Morgan fingerprint density at radius 3 is 2.08 bits per heavy atom. The van der Waals surface area contributed by atoms with Crippen molar-refractivity contribution in [3.63, 3.8) is 0 Å². The minimum absolute atomic E-state index is 0.0837. The zero-order valence-corrected chi connectivity index (χ0v) is 6.53. The first-order valence-electron chi connectivity index (χ1n) is 2.97. The largest absolute Gasteiger partial charge is 0.368 e. The van der Waals surface area contributed by atoms with Gasteiger partial charge in [0.25, 0.3) is 0 Å². The molecular formula is C5H10N6O. The molecule has 0 aromatic rings. The summed E-state index contributed by atoms with van der Waals surface area (Å²) in [6, 6.07) is 0. The molecule has 0 spiro atoms. The molecule has 0 rings (SSSR count). The van der Waals surface area contributed by atoms with Crippen LogP contribution in [0.4, 0.5) is 0 Å². The molecule has 0 atom stereocenters. The average molecular weight is 170 g/mol. The molecule has 0 aromatic heterocycles. The fourth-order valence-electron chi connectivity index (χ4n) is 0.419. The van der Waals surface area contributed by atoms with Gasteiger partial charge in [0.1, 0.15) is 0 Å². The van der Waals surface area contributed by atoms with E-state index >= 15 is 0 Å². The molecule has 0 saturated heterocycles. The van der Waals surface area contributed by atoms with E-state index in [9.17, 15) is 4.79 Å². The Bertz CT molecular complexity index is 230. The van der Waals surface area contributed by atoms with Gasteiger partial charge in [-0.25, -0.2) is 0 Å². The first kappa shape index (κ1) is 10.1. The normalized spacial score (nSPS) is 10.6. The summed E-state index contributed by atoms with van der Waals surface area (Å²) in [6.07, 6.45) is 0.471. The minimum Gasteiger partial charge on any atom is -0.368 e. The maximum Gasteiger partial charge on any atom is 0.216 e. The fraction of sp³-hybridized carbons (Fsp3) is 0.200. The lowest BCUT2D eigenvalue weighted by atomic mass is 10.5. The summed E-state index contributed by atoms with van der Waals surface area (Å²) >= 11 is 0. The zero-order valence-electron chi connectivity index (χ0n) is 6.53. The van der Waals surface area contributed by atoms with Crippen LogP contribution in [-0.4, -0.2) is 28.9 Å². The van der Waals surface area contributed by atoms with Gasteiger partial charge in [0.15, 0.2) is 6.29 Å². The first-order valence-corrected chi connectivity index (χ1v) is 2.97. The summed E-state index contributed by atoms with van der Waals surface area (Å²) in [4.78, 5) is 10.1. The average Bonchev–Trinajstić information content (AvgIpc) is 1.98. The van der Waals surface area contributed by atoms with Crippen molar-refractivity contribution in [3.05, 3.63) is 0 Å². The van der Waals surface area contributed by atoms with Crippen LogP contribution in [-0.2, 0) is 4.79 Å². The van der Waals surface area contributed by atoms with Crippen molar-refractivity contribution in [2.45, 2.75) is 6.92 Å². The van der Waals surface area contributed by atoms with Crippen molar-refractivity contribution in [1.29, 1.82) is 10.8 Å². The Morgan fingerprint density at radius 2 is 1.83 bits per heavy atom. The Hall–Kier alpha value is -1.92. The zero-order chi connectivity index (χ0) is 9.72. The van der Waals surface area contributed by atoms with Gasteiger partial charge in [0.05, 0.1) is 5.71 Å². The minimum atomic E-state index is -0.510. The highest BCUT2D eigenvalue weighted by atomic mass is 16.1.